The number of ether oxygens (including phenoxy) is 1. The van der Waals surface area contributed by atoms with E-state index in [1.54, 1.807) is 14.0 Å². The highest BCUT2D eigenvalue weighted by molar-refractivity contribution is 5.86. The van der Waals surface area contributed by atoms with E-state index in [2.05, 4.69) is 0 Å². The number of aliphatic carboxylic acids is 1. The van der Waals surface area contributed by atoms with E-state index in [0.29, 0.717) is 18.6 Å². The third kappa shape index (κ3) is 3.78. The van der Waals surface area contributed by atoms with Crippen molar-refractivity contribution in [2.45, 2.75) is 20.3 Å². The van der Waals surface area contributed by atoms with Gasteiger partial charge in [0.15, 0.2) is 0 Å². The van der Waals surface area contributed by atoms with Crippen molar-refractivity contribution < 1.29 is 14.6 Å². The van der Waals surface area contributed by atoms with Crippen LogP contribution in [-0.4, -0.2) is 24.8 Å². The Balaban J connectivity index is 4.05. The van der Waals surface area contributed by atoms with E-state index in [0.717, 1.165) is 5.57 Å². The van der Waals surface area contributed by atoms with Crippen molar-refractivity contribution in [3.8, 4) is 0 Å². The highest BCUT2D eigenvalue weighted by Gasteiger charge is 2.03. The fraction of sp³-hybridized carbons (Fsp3) is 0.625. The minimum Gasteiger partial charge on any atom is -0.478 e. The van der Waals surface area contributed by atoms with E-state index < -0.39 is 5.97 Å². The molecule has 0 fully saturated rings. The molecule has 0 aliphatic rings. The molecule has 0 unspecified atom stereocenters. The molecule has 3 heteroatoms. The van der Waals surface area contributed by atoms with Crippen LogP contribution < -0.4 is 0 Å². The van der Waals surface area contributed by atoms with Crippen LogP contribution in [0.4, 0.5) is 0 Å². The first kappa shape index (κ1) is 10.2. The lowest BCUT2D eigenvalue weighted by atomic mass is 10.1. The van der Waals surface area contributed by atoms with Crippen molar-refractivity contribution in [3.63, 3.8) is 0 Å². The Morgan fingerprint density at radius 1 is 1.45 bits per heavy atom. The van der Waals surface area contributed by atoms with Crippen molar-refractivity contribution in [1.82, 2.24) is 0 Å². The van der Waals surface area contributed by atoms with E-state index in [-0.39, 0.29) is 0 Å². The Kier molecular flexibility index (Phi) is 4.54. The summed E-state index contributed by atoms with van der Waals surface area (Å²) in [7, 11) is 1.60. The summed E-state index contributed by atoms with van der Waals surface area (Å²) in [4.78, 5) is 10.4. The smallest absolute Gasteiger partial charge is 0.331 e. The molecule has 0 radical (unpaired) electrons. The average Bonchev–Trinajstić information content (AvgIpc) is 1.98. The molecule has 3 nitrogen and oxygen atoms in total. The number of carbonyl (C=O) groups is 1. The van der Waals surface area contributed by atoms with Crippen LogP contribution in [0.3, 0.4) is 0 Å². The predicted octanol–water partition coefficient (Wildman–Crippen LogP) is 1.44. The van der Waals surface area contributed by atoms with Crippen molar-refractivity contribution in [2.75, 3.05) is 13.7 Å². The molecule has 1 N–H and O–H groups in total. The molecule has 0 aromatic heterocycles. The van der Waals surface area contributed by atoms with E-state index in [4.69, 9.17) is 9.84 Å². The van der Waals surface area contributed by atoms with Crippen LogP contribution in [0.15, 0.2) is 11.1 Å². The summed E-state index contributed by atoms with van der Waals surface area (Å²) >= 11 is 0. The zero-order valence-corrected chi connectivity index (χ0v) is 7.18. The quantitative estimate of drug-likeness (QED) is 0.630. The van der Waals surface area contributed by atoms with Gasteiger partial charge in [-0.3, -0.25) is 0 Å². The SMILES string of the molecule is COCCC(C)=C(C)C(=O)O. The number of rotatable bonds is 4. The number of methoxy groups -OCH3 is 1. The lowest BCUT2D eigenvalue weighted by molar-refractivity contribution is -0.132. The Morgan fingerprint density at radius 2 is 2.00 bits per heavy atom. The summed E-state index contributed by atoms with van der Waals surface area (Å²) in [6.07, 6.45) is 0.689. The van der Waals surface area contributed by atoms with Crippen LogP contribution in [-0.2, 0) is 9.53 Å². The number of carboxylic acids is 1. The van der Waals surface area contributed by atoms with Crippen molar-refractivity contribution in [3.05, 3.63) is 11.1 Å². The van der Waals surface area contributed by atoms with E-state index in [9.17, 15) is 4.79 Å². The van der Waals surface area contributed by atoms with Gasteiger partial charge in [-0.05, 0) is 20.3 Å². The summed E-state index contributed by atoms with van der Waals surface area (Å²) in [5, 5.41) is 8.55. The second-order valence-electron chi connectivity index (χ2n) is 2.45. The van der Waals surface area contributed by atoms with Gasteiger partial charge in [0.2, 0.25) is 0 Å². The summed E-state index contributed by atoms with van der Waals surface area (Å²) in [6.45, 7) is 3.99. The van der Waals surface area contributed by atoms with Crippen LogP contribution in [0, 0.1) is 0 Å². The first-order valence-electron chi connectivity index (χ1n) is 3.48. The Hall–Kier alpha value is -0.830. The second kappa shape index (κ2) is 4.91. The van der Waals surface area contributed by atoms with Gasteiger partial charge in [-0.25, -0.2) is 4.79 Å². The van der Waals surface area contributed by atoms with Crippen molar-refractivity contribution in [1.29, 1.82) is 0 Å². The molecular formula is C8H14O3. The van der Waals surface area contributed by atoms with Crippen molar-refractivity contribution >= 4 is 5.97 Å². The molecule has 0 aromatic rings. The first-order chi connectivity index (χ1) is 5.09. The fourth-order valence-electron chi connectivity index (χ4n) is 0.625. The molecule has 0 saturated carbocycles. The molecule has 0 bridgehead atoms. The summed E-state index contributed by atoms with van der Waals surface area (Å²) in [5.41, 5.74) is 1.29. The fourth-order valence-corrected chi connectivity index (χ4v) is 0.625. The molecule has 0 atom stereocenters. The maximum Gasteiger partial charge on any atom is 0.331 e. The number of hydrogen-bond acceptors (Lipinski definition) is 2. The minimum atomic E-state index is -0.849. The van der Waals surface area contributed by atoms with Gasteiger partial charge in [0, 0.05) is 19.3 Å². The van der Waals surface area contributed by atoms with Gasteiger partial charge >= 0.3 is 5.97 Å². The van der Waals surface area contributed by atoms with Crippen LogP contribution in [0.2, 0.25) is 0 Å². The molecule has 0 aliphatic heterocycles. The minimum absolute atomic E-state index is 0.419. The maximum absolute atomic E-state index is 10.4. The second-order valence-corrected chi connectivity index (χ2v) is 2.45. The molecule has 0 aliphatic carbocycles. The summed E-state index contributed by atoms with van der Waals surface area (Å²) < 4.78 is 4.82. The summed E-state index contributed by atoms with van der Waals surface area (Å²) in [6, 6.07) is 0. The largest absolute Gasteiger partial charge is 0.478 e. The van der Waals surface area contributed by atoms with Crippen LogP contribution >= 0.6 is 0 Å². The Labute approximate surface area is 66.7 Å². The van der Waals surface area contributed by atoms with Gasteiger partial charge < -0.3 is 9.84 Å². The molecule has 0 aromatic carbocycles. The van der Waals surface area contributed by atoms with E-state index >= 15 is 0 Å². The molecule has 0 saturated heterocycles. The third-order valence-corrected chi connectivity index (χ3v) is 1.64. The van der Waals surface area contributed by atoms with Crippen LogP contribution in [0.5, 0.6) is 0 Å². The molecule has 11 heavy (non-hydrogen) atoms. The molecule has 0 rings (SSSR count). The average molecular weight is 158 g/mol. The standard InChI is InChI=1S/C8H14O3/c1-6(4-5-11-3)7(2)8(9)10/h4-5H2,1-3H3,(H,9,10). The van der Waals surface area contributed by atoms with Gasteiger partial charge in [0.25, 0.3) is 0 Å². The van der Waals surface area contributed by atoms with Gasteiger partial charge in [0.05, 0.1) is 0 Å². The monoisotopic (exact) mass is 158 g/mol. The first-order valence-corrected chi connectivity index (χ1v) is 3.48. The summed E-state index contributed by atoms with van der Waals surface area (Å²) in [5.74, 6) is -0.849. The molecular weight excluding hydrogens is 144 g/mol. The van der Waals surface area contributed by atoms with Gasteiger partial charge in [-0.2, -0.15) is 0 Å². The zero-order valence-electron chi connectivity index (χ0n) is 7.18. The zero-order chi connectivity index (χ0) is 8.85. The van der Waals surface area contributed by atoms with Crippen LogP contribution in [0.1, 0.15) is 20.3 Å². The number of hydrogen-bond donors (Lipinski definition) is 1. The van der Waals surface area contributed by atoms with E-state index in [1.165, 1.54) is 0 Å². The maximum atomic E-state index is 10.4. The topological polar surface area (TPSA) is 46.5 Å². The lowest BCUT2D eigenvalue weighted by Gasteiger charge is -2.02. The van der Waals surface area contributed by atoms with Crippen molar-refractivity contribution in [2.24, 2.45) is 0 Å². The highest BCUT2D eigenvalue weighted by Crippen LogP contribution is 2.07. The number of carboxylic acid groups (broad SMARTS) is 1. The van der Waals surface area contributed by atoms with Gasteiger partial charge in [0.1, 0.15) is 0 Å². The molecule has 64 valence electrons. The molecule has 0 spiro atoms. The third-order valence-electron chi connectivity index (χ3n) is 1.64. The van der Waals surface area contributed by atoms with Gasteiger partial charge in [-0.15, -0.1) is 0 Å². The molecule has 0 amide bonds. The van der Waals surface area contributed by atoms with Gasteiger partial charge in [-0.1, -0.05) is 5.57 Å². The van der Waals surface area contributed by atoms with Crippen LogP contribution in [0.25, 0.3) is 0 Å². The lowest BCUT2D eigenvalue weighted by Crippen LogP contribution is -2.01. The Bertz CT molecular complexity index is 170. The Morgan fingerprint density at radius 3 is 2.36 bits per heavy atom. The predicted molar refractivity (Wildman–Crippen MR) is 42.5 cm³/mol. The molecule has 0 heterocycles. The normalized spacial score (nSPS) is 12.6. The highest BCUT2D eigenvalue weighted by atomic mass is 16.5. The van der Waals surface area contributed by atoms with E-state index in [1.807, 2.05) is 6.92 Å².